The lowest BCUT2D eigenvalue weighted by Gasteiger charge is -2.21. The van der Waals surface area contributed by atoms with Gasteiger partial charge in [0.25, 0.3) is 5.91 Å². The van der Waals surface area contributed by atoms with E-state index in [4.69, 9.17) is 15.6 Å². The van der Waals surface area contributed by atoms with Crippen LogP contribution in [0.5, 0.6) is 0 Å². The highest BCUT2D eigenvalue weighted by molar-refractivity contribution is 5.97. The number of nitrogens with two attached hydrogens (primary N) is 1. The van der Waals surface area contributed by atoms with Crippen molar-refractivity contribution < 1.29 is 23.8 Å². The summed E-state index contributed by atoms with van der Waals surface area (Å²) in [5, 5.41) is 9.15. The van der Waals surface area contributed by atoms with E-state index in [0.717, 1.165) is 6.07 Å². The predicted octanol–water partition coefficient (Wildman–Crippen LogP) is 0.722. The minimum Gasteiger partial charge on any atom is -0.480 e. The Balaban J connectivity index is 2.26. The van der Waals surface area contributed by atoms with Crippen molar-refractivity contribution in [2.24, 2.45) is 0 Å². The fourth-order valence-corrected chi connectivity index (χ4v) is 2.25. The average molecular weight is 282 g/mol. The van der Waals surface area contributed by atoms with Gasteiger partial charge >= 0.3 is 5.97 Å². The lowest BCUT2D eigenvalue weighted by Crippen LogP contribution is -2.40. The molecule has 1 heterocycles. The first-order valence-corrected chi connectivity index (χ1v) is 6.05. The molecule has 0 aromatic heterocycles. The summed E-state index contributed by atoms with van der Waals surface area (Å²) < 4.78 is 18.5. The molecule has 6 nitrogen and oxygen atoms in total. The molecule has 20 heavy (non-hydrogen) atoms. The summed E-state index contributed by atoms with van der Waals surface area (Å²) in [5.74, 6) is -2.35. The lowest BCUT2D eigenvalue weighted by atomic mass is 10.1. The molecule has 0 radical (unpaired) electrons. The molecule has 0 aliphatic carbocycles. The fraction of sp³-hybridized carbons (Fsp3) is 0.385. The second-order valence-electron chi connectivity index (χ2n) is 4.64. The highest BCUT2D eigenvalue weighted by atomic mass is 19.1. The van der Waals surface area contributed by atoms with Gasteiger partial charge in [-0.25, -0.2) is 9.18 Å². The van der Waals surface area contributed by atoms with Crippen molar-refractivity contribution in [3.63, 3.8) is 0 Å². The Morgan fingerprint density at radius 1 is 1.50 bits per heavy atom. The molecular formula is C13H15FN2O4. The number of likely N-dealkylation sites (tertiary alicyclic amines) is 1. The number of anilines is 1. The normalized spacial score (nSPS) is 22.0. The zero-order chi connectivity index (χ0) is 14.9. The molecule has 7 heteroatoms. The zero-order valence-corrected chi connectivity index (χ0v) is 10.9. The van der Waals surface area contributed by atoms with E-state index in [1.165, 1.54) is 24.1 Å². The number of hydrogen-bond donors (Lipinski definition) is 2. The van der Waals surface area contributed by atoms with Gasteiger partial charge in [0.1, 0.15) is 11.9 Å². The van der Waals surface area contributed by atoms with Crippen molar-refractivity contribution in [3.8, 4) is 0 Å². The Morgan fingerprint density at radius 2 is 2.20 bits per heavy atom. The number of carboxylic acid groups (broad SMARTS) is 1. The third-order valence-electron chi connectivity index (χ3n) is 3.39. The Labute approximate surface area is 114 Å². The average Bonchev–Trinajstić information content (AvgIpc) is 2.85. The van der Waals surface area contributed by atoms with Crippen LogP contribution in [0.25, 0.3) is 0 Å². The van der Waals surface area contributed by atoms with Crippen molar-refractivity contribution >= 4 is 17.6 Å². The maximum atomic E-state index is 13.4. The third kappa shape index (κ3) is 2.57. The Kier molecular flexibility index (Phi) is 3.89. The van der Waals surface area contributed by atoms with Crippen molar-refractivity contribution in [3.05, 3.63) is 29.6 Å². The van der Waals surface area contributed by atoms with Gasteiger partial charge in [-0.3, -0.25) is 4.79 Å². The number of ether oxygens (including phenoxy) is 1. The minimum atomic E-state index is -1.10. The highest BCUT2D eigenvalue weighted by Gasteiger charge is 2.40. The molecule has 0 spiro atoms. The molecule has 1 amide bonds. The summed E-state index contributed by atoms with van der Waals surface area (Å²) in [6, 6.07) is 2.70. The molecule has 2 atom stereocenters. The van der Waals surface area contributed by atoms with Crippen molar-refractivity contribution in [2.75, 3.05) is 19.4 Å². The summed E-state index contributed by atoms with van der Waals surface area (Å²) in [6.45, 7) is 0.165. The van der Waals surface area contributed by atoms with Gasteiger partial charge in [0.2, 0.25) is 0 Å². The first-order valence-electron chi connectivity index (χ1n) is 6.05. The molecule has 1 aliphatic rings. The number of amides is 1. The van der Waals surface area contributed by atoms with Crippen LogP contribution in [0.2, 0.25) is 0 Å². The van der Waals surface area contributed by atoms with E-state index >= 15 is 0 Å². The first-order chi connectivity index (χ1) is 9.43. The molecule has 108 valence electrons. The molecule has 1 aromatic carbocycles. The van der Waals surface area contributed by atoms with Gasteiger partial charge in [-0.15, -0.1) is 0 Å². The van der Waals surface area contributed by atoms with Gasteiger partial charge in [-0.05, 0) is 18.2 Å². The number of nitrogens with zero attached hydrogens (tertiary/aromatic N) is 1. The molecule has 0 saturated carbocycles. The van der Waals surface area contributed by atoms with E-state index in [1.807, 2.05) is 0 Å². The van der Waals surface area contributed by atoms with Gasteiger partial charge in [-0.1, -0.05) is 0 Å². The molecule has 2 unspecified atom stereocenters. The van der Waals surface area contributed by atoms with Crippen molar-refractivity contribution in [2.45, 2.75) is 18.6 Å². The standard InChI is InChI=1S/C13H15FN2O4/c1-20-8-5-11(13(18)19)16(6-8)12(17)7-2-3-10(15)9(14)4-7/h2-4,8,11H,5-6,15H2,1H3,(H,18,19). The van der Waals surface area contributed by atoms with E-state index in [1.54, 1.807) is 0 Å². The summed E-state index contributed by atoms with van der Waals surface area (Å²) in [4.78, 5) is 24.7. The van der Waals surface area contributed by atoms with Gasteiger partial charge in [0, 0.05) is 25.6 Å². The van der Waals surface area contributed by atoms with Crippen LogP contribution in [0, 0.1) is 5.82 Å². The molecule has 1 aliphatic heterocycles. The van der Waals surface area contributed by atoms with Gasteiger partial charge in [0.05, 0.1) is 11.8 Å². The van der Waals surface area contributed by atoms with Crippen LogP contribution in [0.1, 0.15) is 16.8 Å². The largest absolute Gasteiger partial charge is 0.480 e. The molecule has 3 N–H and O–H groups in total. The van der Waals surface area contributed by atoms with Crippen LogP contribution in [0.15, 0.2) is 18.2 Å². The van der Waals surface area contributed by atoms with Gasteiger partial charge in [0.15, 0.2) is 0 Å². The zero-order valence-electron chi connectivity index (χ0n) is 10.9. The van der Waals surface area contributed by atoms with Crippen molar-refractivity contribution in [1.82, 2.24) is 4.90 Å². The molecule has 0 bridgehead atoms. The first kappa shape index (κ1) is 14.3. The highest BCUT2D eigenvalue weighted by Crippen LogP contribution is 2.23. The van der Waals surface area contributed by atoms with E-state index in [9.17, 15) is 14.0 Å². The van der Waals surface area contributed by atoms with Crippen molar-refractivity contribution in [1.29, 1.82) is 0 Å². The Bertz CT molecular complexity index is 549. The van der Waals surface area contributed by atoms with Crippen LogP contribution in [-0.4, -0.2) is 47.7 Å². The number of benzene rings is 1. The number of hydrogen-bond acceptors (Lipinski definition) is 4. The van der Waals surface area contributed by atoms with Crippen LogP contribution in [0.3, 0.4) is 0 Å². The number of carbonyl (C=O) groups excluding carboxylic acids is 1. The van der Waals surface area contributed by atoms with Gasteiger partial charge in [-0.2, -0.15) is 0 Å². The summed E-state index contributed by atoms with van der Waals surface area (Å²) >= 11 is 0. The summed E-state index contributed by atoms with van der Waals surface area (Å²) in [7, 11) is 1.46. The maximum absolute atomic E-state index is 13.4. The molecule has 1 aromatic rings. The van der Waals surface area contributed by atoms with Crippen LogP contribution >= 0.6 is 0 Å². The van der Waals surface area contributed by atoms with E-state index in [-0.39, 0.29) is 30.3 Å². The van der Waals surface area contributed by atoms with E-state index < -0.39 is 23.7 Å². The second-order valence-corrected chi connectivity index (χ2v) is 4.64. The van der Waals surface area contributed by atoms with Crippen LogP contribution in [0.4, 0.5) is 10.1 Å². The number of carboxylic acids is 1. The van der Waals surface area contributed by atoms with E-state index in [0.29, 0.717) is 0 Å². The minimum absolute atomic E-state index is 0.0625. The number of methoxy groups -OCH3 is 1. The fourth-order valence-electron chi connectivity index (χ4n) is 2.25. The van der Waals surface area contributed by atoms with Gasteiger partial charge < -0.3 is 20.5 Å². The molecule has 2 rings (SSSR count). The van der Waals surface area contributed by atoms with Crippen LogP contribution in [-0.2, 0) is 9.53 Å². The number of carbonyl (C=O) groups is 2. The second kappa shape index (κ2) is 5.46. The lowest BCUT2D eigenvalue weighted by molar-refractivity contribution is -0.141. The predicted molar refractivity (Wildman–Crippen MR) is 68.7 cm³/mol. The monoisotopic (exact) mass is 282 g/mol. The quantitative estimate of drug-likeness (QED) is 0.797. The SMILES string of the molecule is COC1CC(C(=O)O)N(C(=O)c2ccc(N)c(F)c2)C1. The maximum Gasteiger partial charge on any atom is 0.326 e. The number of rotatable bonds is 3. The summed E-state index contributed by atoms with van der Waals surface area (Å²) in [6.07, 6.45) is -0.117. The number of halogens is 1. The Morgan fingerprint density at radius 3 is 2.75 bits per heavy atom. The van der Waals surface area contributed by atoms with Crippen LogP contribution < -0.4 is 5.73 Å². The third-order valence-corrected chi connectivity index (χ3v) is 3.39. The topological polar surface area (TPSA) is 92.9 Å². The molecular weight excluding hydrogens is 267 g/mol. The molecule has 1 saturated heterocycles. The molecule has 1 fully saturated rings. The Hall–Kier alpha value is -2.15. The summed E-state index contributed by atoms with van der Waals surface area (Å²) in [5.41, 5.74) is 5.35. The van der Waals surface area contributed by atoms with E-state index in [2.05, 4.69) is 0 Å². The smallest absolute Gasteiger partial charge is 0.326 e. The number of aliphatic carboxylic acids is 1. The number of nitrogen functional groups attached to an aromatic ring is 1.